The Bertz CT molecular complexity index is 272. The molecule has 0 rings (SSSR count). The number of carboxylic acid groups (broad SMARTS) is 1. The molecule has 0 fully saturated rings. The van der Waals surface area contributed by atoms with Crippen molar-refractivity contribution in [2.24, 2.45) is 11.5 Å². The average molecular weight is 232 g/mol. The number of hydrogen-bond acceptors (Lipinski definition) is 5. The highest BCUT2D eigenvalue weighted by molar-refractivity contribution is 6.03. The van der Waals surface area contributed by atoms with Gasteiger partial charge in [-0.15, -0.1) is 0 Å². The van der Waals surface area contributed by atoms with E-state index in [1.54, 1.807) is 20.8 Å². The molecule has 0 saturated carbocycles. The molecule has 0 aromatic rings. The lowest BCUT2D eigenvalue weighted by atomic mass is 9.94. The molecule has 16 heavy (non-hydrogen) atoms. The fourth-order valence-corrected chi connectivity index (χ4v) is 1.05. The fraction of sp³-hybridized carbons (Fsp3) is 0.800. The molecule has 0 bridgehead atoms. The fourth-order valence-electron chi connectivity index (χ4n) is 1.05. The molecule has 0 aromatic carbocycles. The first-order chi connectivity index (χ1) is 7.13. The normalized spacial score (nSPS) is 15.3. The van der Waals surface area contributed by atoms with E-state index in [2.05, 4.69) is 0 Å². The smallest absolute Gasteiger partial charge is 0.338 e. The first-order valence-electron chi connectivity index (χ1n) is 5.09. The zero-order valence-corrected chi connectivity index (χ0v) is 9.95. The second-order valence-electron chi connectivity index (χ2n) is 4.67. The van der Waals surface area contributed by atoms with Crippen LogP contribution >= 0.6 is 0 Å². The van der Waals surface area contributed by atoms with Gasteiger partial charge < -0.3 is 21.3 Å². The third-order valence-corrected chi connectivity index (χ3v) is 1.92. The molecule has 6 heteroatoms. The predicted octanol–water partition coefficient (Wildman–Crippen LogP) is -0.151. The highest BCUT2D eigenvalue weighted by atomic mass is 16.6. The number of carbonyl (C=O) groups is 2. The van der Waals surface area contributed by atoms with Crippen LogP contribution in [0.25, 0.3) is 0 Å². The van der Waals surface area contributed by atoms with Gasteiger partial charge in [0.15, 0.2) is 0 Å². The molecule has 0 aliphatic heterocycles. The lowest BCUT2D eigenvalue weighted by molar-refractivity contribution is -0.169. The molecular formula is C10H20N2O4. The number of esters is 1. The Kier molecular flexibility index (Phi) is 4.89. The van der Waals surface area contributed by atoms with Crippen molar-refractivity contribution >= 4 is 11.9 Å². The zero-order valence-electron chi connectivity index (χ0n) is 9.95. The van der Waals surface area contributed by atoms with Crippen molar-refractivity contribution in [2.45, 2.75) is 44.8 Å². The van der Waals surface area contributed by atoms with Crippen LogP contribution in [-0.2, 0) is 14.3 Å². The second kappa shape index (κ2) is 5.27. The number of ether oxygens (including phenoxy) is 1. The van der Waals surface area contributed by atoms with Gasteiger partial charge in [-0.3, -0.25) is 0 Å². The Labute approximate surface area is 94.9 Å². The van der Waals surface area contributed by atoms with E-state index in [9.17, 15) is 9.59 Å². The summed E-state index contributed by atoms with van der Waals surface area (Å²) in [7, 11) is 0. The molecule has 0 spiro atoms. The third-order valence-electron chi connectivity index (χ3n) is 1.92. The minimum atomic E-state index is -2.01. The third kappa shape index (κ3) is 4.16. The highest BCUT2D eigenvalue weighted by Gasteiger charge is 2.44. The topological polar surface area (TPSA) is 116 Å². The van der Waals surface area contributed by atoms with E-state index < -0.39 is 23.1 Å². The Hall–Kier alpha value is -1.14. The maximum absolute atomic E-state index is 11.7. The van der Waals surface area contributed by atoms with Gasteiger partial charge in [0.1, 0.15) is 5.60 Å². The Morgan fingerprint density at radius 2 is 1.81 bits per heavy atom. The van der Waals surface area contributed by atoms with Crippen molar-refractivity contribution in [2.75, 3.05) is 6.54 Å². The lowest BCUT2D eigenvalue weighted by Crippen LogP contribution is -2.57. The number of rotatable bonds is 5. The van der Waals surface area contributed by atoms with Crippen LogP contribution in [0, 0.1) is 0 Å². The van der Waals surface area contributed by atoms with Crippen LogP contribution in [0.2, 0.25) is 0 Å². The van der Waals surface area contributed by atoms with Crippen molar-refractivity contribution in [1.82, 2.24) is 0 Å². The van der Waals surface area contributed by atoms with Crippen LogP contribution in [0.4, 0.5) is 0 Å². The van der Waals surface area contributed by atoms with E-state index in [1.807, 2.05) is 0 Å². The Morgan fingerprint density at radius 3 is 2.12 bits per heavy atom. The van der Waals surface area contributed by atoms with Gasteiger partial charge in [0.05, 0.1) is 0 Å². The van der Waals surface area contributed by atoms with Crippen molar-refractivity contribution in [3.05, 3.63) is 0 Å². The van der Waals surface area contributed by atoms with Crippen molar-refractivity contribution in [1.29, 1.82) is 0 Å². The highest BCUT2D eigenvalue weighted by Crippen LogP contribution is 2.17. The number of carboxylic acids is 1. The van der Waals surface area contributed by atoms with E-state index in [-0.39, 0.29) is 13.0 Å². The Morgan fingerprint density at radius 1 is 1.31 bits per heavy atom. The molecule has 94 valence electrons. The predicted molar refractivity (Wildman–Crippen MR) is 58.7 cm³/mol. The van der Waals surface area contributed by atoms with E-state index in [0.29, 0.717) is 6.42 Å². The standard InChI is InChI=1S/C10H20N2O4/c1-9(2,3)16-8(15)10(12,7(13)14)5-4-6-11/h4-6,11-12H2,1-3H3,(H,13,14)/t10-/m0/s1. The molecule has 6 nitrogen and oxygen atoms in total. The summed E-state index contributed by atoms with van der Waals surface area (Å²) in [6.45, 7) is 5.22. The number of nitrogens with two attached hydrogens (primary N) is 2. The SMILES string of the molecule is CC(C)(C)OC(=O)[C@](N)(CCCN)C(=O)O. The van der Waals surface area contributed by atoms with Crippen LogP contribution in [-0.4, -0.2) is 34.7 Å². The largest absolute Gasteiger partial charge is 0.479 e. The van der Waals surface area contributed by atoms with Gasteiger partial charge in [0.2, 0.25) is 5.54 Å². The summed E-state index contributed by atoms with van der Waals surface area (Å²) < 4.78 is 4.98. The molecule has 0 saturated heterocycles. The van der Waals surface area contributed by atoms with E-state index in [4.69, 9.17) is 21.3 Å². The summed E-state index contributed by atoms with van der Waals surface area (Å²) in [5.41, 5.74) is 8.04. The molecular weight excluding hydrogens is 212 g/mol. The van der Waals surface area contributed by atoms with Gasteiger partial charge in [-0.25, -0.2) is 9.59 Å². The van der Waals surface area contributed by atoms with Gasteiger partial charge in [-0.2, -0.15) is 0 Å². The van der Waals surface area contributed by atoms with Crippen LogP contribution < -0.4 is 11.5 Å². The maximum Gasteiger partial charge on any atom is 0.338 e. The molecule has 1 atom stereocenters. The number of carbonyl (C=O) groups excluding carboxylic acids is 1. The molecule has 0 aromatic heterocycles. The van der Waals surface area contributed by atoms with Crippen molar-refractivity contribution in [3.63, 3.8) is 0 Å². The van der Waals surface area contributed by atoms with Gasteiger partial charge >= 0.3 is 11.9 Å². The molecule has 0 radical (unpaired) electrons. The van der Waals surface area contributed by atoms with Crippen LogP contribution in [0.3, 0.4) is 0 Å². The Balaban J connectivity index is 4.77. The van der Waals surface area contributed by atoms with Gasteiger partial charge in [-0.05, 0) is 40.2 Å². The van der Waals surface area contributed by atoms with E-state index in [1.165, 1.54) is 0 Å². The minimum absolute atomic E-state index is 0.0340. The molecule has 0 heterocycles. The quantitative estimate of drug-likeness (QED) is 0.448. The van der Waals surface area contributed by atoms with Crippen molar-refractivity contribution < 1.29 is 19.4 Å². The maximum atomic E-state index is 11.7. The summed E-state index contributed by atoms with van der Waals surface area (Å²) >= 11 is 0. The summed E-state index contributed by atoms with van der Waals surface area (Å²) in [6, 6.07) is 0. The van der Waals surface area contributed by atoms with Crippen LogP contribution in [0.5, 0.6) is 0 Å². The first kappa shape index (κ1) is 14.9. The summed E-state index contributed by atoms with van der Waals surface area (Å²) in [6.07, 6.45) is 0.315. The van der Waals surface area contributed by atoms with E-state index in [0.717, 1.165) is 0 Å². The van der Waals surface area contributed by atoms with Gasteiger partial charge in [0.25, 0.3) is 0 Å². The first-order valence-corrected chi connectivity index (χ1v) is 5.09. The molecule has 0 aliphatic rings. The van der Waals surface area contributed by atoms with Gasteiger partial charge in [-0.1, -0.05) is 0 Å². The summed E-state index contributed by atoms with van der Waals surface area (Å²) in [5, 5.41) is 8.96. The van der Waals surface area contributed by atoms with Gasteiger partial charge in [0, 0.05) is 0 Å². The molecule has 0 amide bonds. The second-order valence-corrected chi connectivity index (χ2v) is 4.67. The van der Waals surface area contributed by atoms with Crippen molar-refractivity contribution in [3.8, 4) is 0 Å². The number of aliphatic carboxylic acids is 1. The monoisotopic (exact) mass is 232 g/mol. The van der Waals surface area contributed by atoms with E-state index >= 15 is 0 Å². The molecule has 5 N–H and O–H groups in total. The minimum Gasteiger partial charge on any atom is -0.479 e. The average Bonchev–Trinajstić information content (AvgIpc) is 2.10. The molecule has 0 unspecified atom stereocenters. The molecule has 0 aliphatic carbocycles. The lowest BCUT2D eigenvalue weighted by Gasteiger charge is -2.27. The van der Waals surface area contributed by atoms with Crippen LogP contribution in [0.15, 0.2) is 0 Å². The number of hydrogen-bond donors (Lipinski definition) is 3. The summed E-state index contributed by atoms with van der Waals surface area (Å²) in [5.74, 6) is -2.32. The summed E-state index contributed by atoms with van der Waals surface area (Å²) in [4.78, 5) is 22.6. The zero-order chi connectivity index (χ0) is 13.0. The van der Waals surface area contributed by atoms with Crippen LogP contribution in [0.1, 0.15) is 33.6 Å².